The van der Waals surface area contributed by atoms with Gasteiger partial charge in [-0.05, 0) is 24.6 Å². The Morgan fingerprint density at radius 1 is 1.10 bits per heavy atom. The molecule has 0 spiro atoms. The lowest BCUT2D eigenvalue weighted by atomic mass is 10.2. The van der Waals surface area contributed by atoms with Crippen molar-refractivity contribution in [1.82, 2.24) is 0 Å². The maximum absolute atomic E-state index is 5.65. The molecule has 0 radical (unpaired) electrons. The third-order valence-electron chi connectivity index (χ3n) is 2.88. The molecule has 1 heterocycles. The van der Waals surface area contributed by atoms with Gasteiger partial charge in [0.1, 0.15) is 19.0 Å². The van der Waals surface area contributed by atoms with E-state index < -0.39 is 0 Å². The number of ether oxygens (including phenoxy) is 2. The third-order valence-corrected chi connectivity index (χ3v) is 2.88. The summed E-state index contributed by atoms with van der Waals surface area (Å²) < 4.78 is 10.3. The third kappa shape index (κ3) is 5.57. The summed E-state index contributed by atoms with van der Waals surface area (Å²) >= 11 is 0. The maximum atomic E-state index is 5.65. The summed E-state index contributed by atoms with van der Waals surface area (Å²) in [5.41, 5.74) is 7.51. The first kappa shape index (κ1) is 14.9. The largest absolute Gasteiger partial charge is 0.489 e. The zero-order valence-electron chi connectivity index (χ0n) is 12.2. The molecular formula is C17H20N2O2. The predicted molar refractivity (Wildman–Crippen MR) is 84.4 cm³/mol. The lowest BCUT2D eigenvalue weighted by Crippen LogP contribution is -2.10. The van der Waals surface area contributed by atoms with Crippen LogP contribution in [0.15, 0.2) is 59.6 Å². The molecule has 0 aliphatic carbocycles. The lowest BCUT2D eigenvalue weighted by molar-refractivity contribution is 0.306. The van der Waals surface area contributed by atoms with Crippen molar-refractivity contribution in [2.24, 2.45) is 10.7 Å². The van der Waals surface area contributed by atoms with Gasteiger partial charge in [-0.2, -0.15) is 0 Å². The number of hydrogen-bond donors (Lipinski definition) is 1. The zero-order valence-corrected chi connectivity index (χ0v) is 12.2. The van der Waals surface area contributed by atoms with Crippen LogP contribution in [0.4, 0.5) is 0 Å². The molecule has 21 heavy (non-hydrogen) atoms. The molecule has 2 aromatic carbocycles. The van der Waals surface area contributed by atoms with Crippen molar-refractivity contribution in [3.05, 3.63) is 65.7 Å². The van der Waals surface area contributed by atoms with Crippen LogP contribution in [0, 0.1) is 6.92 Å². The minimum atomic E-state index is 0.329. The SMILES string of the molecule is Cc1ccc(OCc2ccccc2)cc1.NC1=NCCO1. The predicted octanol–water partition coefficient (Wildman–Crippen LogP) is 2.91. The van der Waals surface area contributed by atoms with Gasteiger partial charge in [0.15, 0.2) is 0 Å². The molecule has 2 N–H and O–H groups in total. The highest BCUT2D eigenvalue weighted by Crippen LogP contribution is 2.13. The first-order valence-corrected chi connectivity index (χ1v) is 6.90. The number of hydrogen-bond acceptors (Lipinski definition) is 4. The van der Waals surface area contributed by atoms with Crippen LogP contribution in [0.2, 0.25) is 0 Å². The van der Waals surface area contributed by atoms with E-state index in [2.05, 4.69) is 40.9 Å². The number of rotatable bonds is 3. The highest BCUT2D eigenvalue weighted by Gasteiger charge is 1.97. The Morgan fingerprint density at radius 2 is 1.81 bits per heavy atom. The van der Waals surface area contributed by atoms with Crippen LogP contribution in [-0.2, 0) is 11.3 Å². The van der Waals surface area contributed by atoms with Gasteiger partial charge in [0.2, 0.25) is 0 Å². The average Bonchev–Trinajstić information content (AvgIpc) is 3.00. The number of aryl methyl sites for hydroxylation is 1. The quantitative estimate of drug-likeness (QED) is 0.942. The second-order valence-electron chi connectivity index (χ2n) is 4.66. The van der Waals surface area contributed by atoms with Gasteiger partial charge in [0.05, 0.1) is 6.54 Å². The van der Waals surface area contributed by atoms with E-state index >= 15 is 0 Å². The monoisotopic (exact) mass is 284 g/mol. The Hall–Kier alpha value is -2.49. The molecule has 0 saturated heterocycles. The minimum Gasteiger partial charge on any atom is -0.489 e. The van der Waals surface area contributed by atoms with E-state index in [4.69, 9.17) is 10.5 Å². The van der Waals surface area contributed by atoms with Crippen LogP contribution >= 0.6 is 0 Å². The number of amidine groups is 1. The lowest BCUT2D eigenvalue weighted by Gasteiger charge is -2.06. The Kier molecular flexibility index (Phi) is 5.64. The molecule has 0 unspecified atom stereocenters. The van der Waals surface area contributed by atoms with E-state index in [1.54, 1.807) is 0 Å². The number of benzene rings is 2. The van der Waals surface area contributed by atoms with Crippen LogP contribution in [0.5, 0.6) is 5.75 Å². The molecule has 0 bridgehead atoms. The molecule has 0 atom stereocenters. The Morgan fingerprint density at radius 3 is 2.33 bits per heavy atom. The first-order chi connectivity index (χ1) is 10.2. The van der Waals surface area contributed by atoms with Crippen molar-refractivity contribution in [3.8, 4) is 5.75 Å². The number of aliphatic imine (C=N–C) groups is 1. The Bertz CT molecular complexity index is 565. The van der Waals surface area contributed by atoms with Crippen molar-refractivity contribution in [2.45, 2.75) is 13.5 Å². The summed E-state index contributed by atoms with van der Waals surface area (Å²) in [4.78, 5) is 3.71. The highest BCUT2D eigenvalue weighted by molar-refractivity contribution is 5.72. The van der Waals surface area contributed by atoms with Gasteiger partial charge in [-0.3, -0.25) is 0 Å². The van der Waals surface area contributed by atoms with E-state index in [1.165, 1.54) is 11.1 Å². The zero-order chi connectivity index (χ0) is 14.9. The van der Waals surface area contributed by atoms with Crippen molar-refractivity contribution in [3.63, 3.8) is 0 Å². The van der Waals surface area contributed by atoms with Crippen LogP contribution in [0.1, 0.15) is 11.1 Å². The molecule has 1 aliphatic rings. The van der Waals surface area contributed by atoms with Crippen molar-refractivity contribution < 1.29 is 9.47 Å². The van der Waals surface area contributed by atoms with Gasteiger partial charge in [-0.15, -0.1) is 0 Å². The van der Waals surface area contributed by atoms with Crippen LogP contribution in [-0.4, -0.2) is 19.2 Å². The minimum absolute atomic E-state index is 0.329. The fraction of sp³-hybridized carbons (Fsp3) is 0.235. The summed E-state index contributed by atoms with van der Waals surface area (Å²) in [7, 11) is 0. The normalized spacial score (nSPS) is 12.7. The second-order valence-corrected chi connectivity index (χ2v) is 4.66. The molecule has 110 valence electrons. The summed E-state index contributed by atoms with van der Waals surface area (Å²) in [6.45, 7) is 4.09. The fourth-order valence-electron chi connectivity index (χ4n) is 1.73. The summed E-state index contributed by atoms with van der Waals surface area (Å²) in [6.07, 6.45) is 0. The van der Waals surface area contributed by atoms with Crippen LogP contribution in [0.3, 0.4) is 0 Å². The second kappa shape index (κ2) is 7.94. The molecule has 4 heteroatoms. The molecule has 0 amide bonds. The molecule has 0 fully saturated rings. The van der Waals surface area contributed by atoms with E-state index in [-0.39, 0.29) is 0 Å². The van der Waals surface area contributed by atoms with Crippen LogP contribution < -0.4 is 10.5 Å². The number of nitrogens with two attached hydrogens (primary N) is 1. The summed E-state index contributed by atoms with van der Waals surface area (Å²) in [5.74, 6) is 0.921. The van der Waals surface area contributed by atoms with Gasteiger partial charge >= 0.3 is 0 Å². The fourth-order valence-corrected chi connectivity index (χ4v) is 1.73. The molecule has 0 saturated carbocycles. The van der Waals surface area contributed by atoms with Crippen LogP contribution in [0.25, 0.3) is 0 Å². The molecule has 4 nitrogen and oxygen atoms in total. The highest BCUT2D eigenvalue weighted by atomic mass is 16.5. The Labute approximate surface area is 125 Å². The van der Waals surface area contributed by atoms with E-state index in [1.807, 2.05) is 30.3 Å². The maximum Gasteiger partial charge on any atom is 0.282 e. The van der Waals surface area contributed by atoms with Crippen molar-refractivity contribution >= 4 is 6.02 Å². The molecule has 2 aromatic rings. The Balaban J connectivity index is 0.000000225. The summed E-state index contributed by atoms with van der Waals surface area (Å²) in [5, 5.41) is 0. The van der Waals surface area contributed by atoms with Gasteiger partial charge in [-0.1, -0.05) is 48.0 Å². The van der Waals surface area contributed by atoms with E-state index in [9.17, 15) is 0 Å². The molecule has 3 rings (SSSR count). The van der Waals surface area contributed by atoms with Gasteiger partial charge in [0.25, 0.3) is 6.02 Å². The first-order valence-electron chi connectivity index (χ1n) is 6.90. The topological polar surface area (TPSA) is 56.8 Å². The molecular weight excluding hydrogens is 264 g/mol. The van der Waals surface area contributed by atoms with E-state index in [0.717, 1.165) is 12.3 Å². The summed E-state index contributed by atoms with van der Waals surface area (Å²) in [6, 6.07) is 18.6. The standard InChI is InChI=1S/C14H14O.C3H6N2O/c1-12-7-9-14(10-8-12)15-11-13-5-3-2-4-6-13;4-3-5-1-2-6-3/h2-10H,11H2,1H3;1-2H2,(H2,4,5). The average molecular weight is 284 g/mol. The van der Waals surface area contributed by atoms with Gasteiger partial charge in [0, 0.05) is 0 Å². The number of nitrogens with zero attached hydrogens (tertiary/aromatic N) is 1. The van der Waals surface area contributed by atoms with Crippen molar-refractivity contribution in [1.29, 1.82) is 0 Å². The molecule has 0 aromatic heterocycles. The van der Waals surface area contributed by atoms with E-state index in [0.29, 0.717) is 19.2 Å². The smallest absolute Gasteiger partial charge is 0.282 e. The molecule has 1 aliphatic heterocycles. The van der Waals surface area contributed by atoms with Gasteiger partial charge < -0.3 is 15.2 Å². The van der Waals surface area contributed by atoms with Crippen molar-refractivity contribution in [2.75, 3.05) is 13.2 Å². The van der Waals surface area contributed by atoms with Gasteiger partial charge in [-0.25, -0.2) is 4.99 Å².